The Hall–Kier alpha value is -0.523. The Morgan fingerprint density at radius 2 is 1.23 bits per heavy atom. The minimum atomic E-state index is -1.45. The topological polar surface area (TPSA) is 63.6 Å². The molecule has 232 valence electrons. The molecule has 0 aromatic carbocycles. The Balaban J connectivity index is 0.000000225. The molecule has 40 heavy (non-hydrogen) atoms. The van der Waals surface area contributed by atoms with E-state index in [4.69, 9.17) is 4.43 Å². The average Bonchev–Trinajstić information content (AvgIpc) is 3.35. The molecule has 1 N–H and O–H groups in total. The predicted octanol–water partition coefficient (Wildman–Crippen LogP) is 9.57. The van der Waals surface area contributed by atoms with Crippen molar-refractivity contribution in [1.82, 2.24) is 0 Å². The van der Waals surface area contributed by atoms with Crippen molar-refractivity contribution in [3.63, 3.8) is 0 Å². The smallest absolute Gasteiger partial charge is 0.184 e. The second-order valence-electron chi connectivity index (χ2n) is 16.9. The van der Waals surface area contributed by atoms with Gasteiger partial charge >= 0.3 is 0 Å². The highest BCUT2D eigenvalue weighted by Gasteiger charge is 2.43. The molecular weight excluding hydrogens is 512 g/mol. The van der Waals surface area contributed by atoms with E-state index in [9.17, 15) is 14.7 Å². The second-order valence-corrected chi connectivity index (χ2v) is 21.4. The number of ketones is 2. The minimum Gasteiger partial charge on any atom is -0.413 e. The van der Waals surface area contributed by atoms with E-state index in [0.717, 1.165) is 63.2 Å². The molecule has 4 nitrogen and oxygen atoms in total. The largest absolute Gasteiger partial charge is 0.413 e. The van der Waals surface area contributed by atoms with Gasteiger partial charge in [-0.1, -0.05) is 25.7 Å². The van der Waals surface area contributed by atoms with E-state index in [0.29, 0.717) is 22.4 Å². The second kappa shape index (κ2) is 13.8. The summed E-state index contributed by atoms with van der Waals surface area (Å²) >= 11 is 0. The Morgan fingerprint density at radius 1 is 0.775 bits per heavy atom. The van der Waals surface area contributed by atoms with Gasteiger partial charge in [0.2, 0.25) is 0 Å². The average molecular weight is 577 g/mol. The van der Waals surface area contributed by atoms with Crippen molar-refractivity contribution < 1.29 is 19.1 Å². The summed E-state index contributed by atoms with van der Waals surface area (Å²) < 4.78 is 6.31. The van der Waals surface area contributed by atoms with E-state index in [1.807, 2.05) is 13.8 Å². The Kier molecular flexibility index (Phi) is 11.8. The van der Waals surface area contributed by atoms with Crippen LogP contribution in [0.3, 0.4) is 0 Å². The van der Waals surface area contributed by atoms with Crippen LogP contribution in [0, 0.1) is 22.7 Å². The third-order valence-corrected chi connectivity index (χ3v) is 11.6. The summed E-state index contributed by atoms with van der Waals surface area (Å²) in [6.07, 6.45) is 23.1. The van der Waals surface area contributed by atoms with Crippen molar-refractivity contribution in [2.45, 2.75) is 187 Å². The summed E-state index contributed by atoms with van der Waals surface area (Å²) in [6.45, 7) is 15.1. The van der Waals surface area contributed by atoms with Crippen LogP contribution in [0.4, 0.5) is 0 Å². The van der Waals surface area contributed by atoms with Gasteiger partial charge in [-0.3, -0.25) is 9.59 Å². The highest BCUT2D eigenvalue weighted by atomic mass is 28.4. The lowest BCUT2D eigenvalue weighted by molar-refractivity contribution is -0.124. The van der Waals surface area contributed by atoms with E-state index in [-0.39, 0.29) is 5.60 Å². The fourth-order valence-corrected chi connectivity index (χ4v) is 10.7. The molecule has 0 saturated heterocycles. The van der Waals surface area contributed by atoms with Crippen LogP contribution >= 0.6 is 0 Å². The molecule has 0 unspecified atom stereocenters. The molecule has 0 aliphatic heterocycles. The van der Waals surface area contributed by atoms with Crippen molar-refractivity contribution in [3.8, 4) is 0 Å². The predicted molar refractivity (Wildman–Crippen MR) is 169 cm³/mol. The molecule has 4 rings (SSSR count). The van der Waals surface area contributed by atoms with Crippen LogP contribution in [0.25, 0.3) is 0 Å². The molecule has 0 radical (unpaired) electrons. The summed E-state index contributed by atoms with van der Waals surface area (Å²) in [5, 5.41) is 9.72. The zero-order valence-corrected chi connectivity index (χ0v) is 28.5. The van der Waals surface area contributed by atoms with Crippen molar-refractivity contribution in [2.75, 3.05) is 0 Å². The maximum atomic E-state index is 11.8. The van der Waals surface area contributed by atoms with Crippen molar-refractivity contribution in [3.05, 3.63) is 0 Å². The molecule has 4 aliphatic carbocycles. The quantitative estimate of drug-likeness (QED) is 0.263. The molecule has 4 fully saturated rings. The van der Waals surface area contributed by atoms with Crippen LogP contribution in [0.15, 0.2) is 0 Å². The lowest BCUT2D eigenvalue weighted by Gasteiger charge is -2.34. The summed E-state index contributed by atoms with van der Waals surface area (Å²) in [6, 6.07) is 0. The first-order valence-electron chi connectivity index (χ1n) is 16.9. The molecule has 0 bridgehead atoms. The van der Waals surface area contributed by atoms with Crippen molar-refractivity contribution in [1.29, 1.82) is 0 Å². The third-order valence-electron chi connectivity index (χ3n) is 10.5. The number of Topliss-reactive ketones (excluding diaryl/α,β-unsaturated/α-hetero) is 2. The summed E-state index contributed by atoms with van der Waals surface area (Å²) in [5.74, 6) is 2.68. The molecule has 4 saturated carbocycles. The van der Waals surface area contributed by atoms with Crippen LogP contribution in [0.2, 0.25) is 19.6 Å². The molecule has 4 atom stereocenters. The number of carbonyl (C=O) groups excluding carboxylic acids is 2. The van der Waals surface area contributed by atoms with Gasteiger partial charge in [-0.15, -0.1) is 0 Å². The molecule has 0 aromatic rings. The van der Waals surface area contributed by atoms with Crippen LogP contribution in [0.1, 0.15) is 156 Å². The molecule has 5 heteroatoms. The van der Waals surface area contributed by atoms with E-state index in [2.05, 4.69) is 33.5 Å². The highest BCUT2D eigenvalue weighted by Crippen LogP contribution is 2.52. The summed E-state index contributed by atoms with van der Waals surface area (Å²) in [7, 11) is -1.45. The van der Waals surface area contributed by atoms with Crippen LogP contribution < -0.4 is 0 Å². The normalized spacial score (nSPS) is 31.6. The SMILES string of the molecule is CC(C)(CCC[C@H]1CC[C@@]2(CCCC(=O)C2)C1)O[Si](C)(C)C.CC(C)(O)CCC[C@H]1CC[C@@]2(CCCC(=O)C2)C1. The minimum absolute atomic E-state index is 0.0293. The van der Waals surface area contributed by atoms with Crippen molar-refractivity contribution >= 4 is 19.9 Å². The summed E-state index contributed by atoms with van der Waals surface area (Å²) in [4.78, 5) is 23.4. The Labute approximate surface area is 248 Å². The van der Waals surface area contributed by atoms with Gasteiger partial charge in [0.25, 0.3) is 0 Å². The van der Waals surface area contributed by atoms with Gasteiger partial charge < -0.3 is 9.53 Å². The lowest BCUT2D eigenvalue weighted by atomic mass is 9.72. The van der Waals surface area contributed by atoms with Gasteiger partial charge in [-0.2, -0.15) is 0 Å². The van der Waals surface area contributed by atoms with Gasteiger partial charge in [0.05, 0.1) is 11.2 Å². The molecule has 4 aliphatic rings. The maximum Gasteiger partial charge on any atom is 0.184 e. The first-order chi connectivity index (χ1) is 18.5. The Bertz CT molecular complexity index is 837. The fourth-order valence-electron chi connectivity index (χ4n) is 8.95. The molecule has 2 spiro atoms. The van der Waals surface area contributed by atoms with E-state index in [1.165, 1.54) is 77.0 Å². The van der Waals surface area contributed by atoms with Crippen molar-refractivity contribution in [2.24, 2.45) is 22.7 Å². The zero-order chi connectivity index (χ0) is 29.7. The first-order valence-corrected chi connectivity index (χ1v) is 20.3. The van der Waals surface area contributed by atoms with Crippen LogP contribution in [-0.2, 0) is 14.0 Å². The van der Waals surface area contributed by atoms with Crippen LogP contribution in [-0.4, -0.2) is 36.2 Å². The van der Waals surface area contributed by atoms with Gasteiger partial charge in [0, 0.05) is 25.7 Å². The highest BCUT2D eigenvalue weighted by molar-refractivity contribution is 6.69. The molecular formula is C35H64O4Si. The van der Waals surface area contributed by atoms with Gasteiger partial charge in [0.15, 0.2) is 8.32 Å². The third kappa shape index (κ3) is 11.6. The fraction of sp³-hybridized carbons (Fsp3) is 0.943. The number of rotatable bonds is 10. The standard InChI is InChI=1S/C19H36O2Si.C16H28O2/c1-18(2,21-22(3,4)5)11-6-8-16-10-13-19(14-16)12-7-9-17(20)15-19;1-15(2,18)8-3-5-13-7-10-16(11-13)9-4-6-14(17)12-16/h16H,6-15H2,1-5H3;13,18H,3-12H2,1-2H3/t16-,19-;13-,16-/m00/s1. The first kappa shape index (κ1) is 34.0. The summed E-state index contributed by atoms with van der Waals surface area (Å²) in [5.41, 5.74) is 0.303. The number of aliphatic hydroxyl groups is 1. The van der Waals surface area contributed by atoms with E-state index < -0.39 is 13.9 Å². The zero-order valence-electron chi connectivity index (χ0n) is 27.5. The molecule has 0 aromatic heterocycles. The number of hydrogen-bond donors (Lipinski definition) is 1. The monoisotopic (exact) mass is 576 g/mol. The van der Waals surface area contributed by atoms with E-state index in [1.54, 1.807) is 0 Å². The van der Waals surface area contributed by atoms with Gasteiger partial charge in [-0.05, 0) is 147 Å². The van der Waals surface area contributed by atoms with E-state index >= 15 is 0 Å². The number of carbonyl (C=O) groups is 2. The van der Waals surface area contributed by atoms with Crippen LogP contribution in [0.5, 0.6) is 0 Å². The lowest BCUT2D eigenvalue weighted by Crippen LogP contribution is -2.38. The number of hydrogen-bond acceptors (Lipinski definition) is 4. The van der Waals surface area contributed by atoms with Gasteiger partial charge in [0.1, 0.15) is 11.6 Å². The van der Waals surface area contributed by atoms with Gasteiger partial charge in [-0.25, -0.2) is 0 Å². The molecule has 0 heterocycles. The maximum absolute atomic E-state index is 11.8. The molecule has 0 amide bonds. The Morgan fingerprint density at radius 3 is 1.62 bits per heavy atom.